The molecule has 1 unspecified atom stereocenters. The predicted octanol–water partition coefficient (Wildman–Crippen LogP) is 3.82. The third kappa shape index (κ3) is 9.48. The van der Waals surface area contributed by atoms with E-state index in [9.17, 15) is 4.79 Å². The smallest absolute Gasteiger partial charge is 0.410 e. The average molecular weight is 343 g/mol. The fourth-order valence-corrected chi connectivity index (χ4v) is 2.92. The first-order valence-electron chi connectivity index (χ1n) is 9.62. The summed E-state index contributed by atoms with van der Waals surface area (Å²) >= 11 is 0. The van der Waals surface area contributed by atoms with Gasteiger partial charge in [-0.1, -0.05) is 20.3 Å². The molecular weight excluding hydrogens is 304 g/mol. The van der Waals surface area contributed by atoms with Crippen molar-refractivity contribution < 1.29 is 14.3 Å². The molecule has 0 aromatic carbocycles. The van der Waals surface area contributed by atoms with Crippen LogP contribution < -0.4 is 5.32 Å². The minimum Gasteiger partial charge on any atom is -0.444 e. The van der Waals surface area contributed by atoms with E-state index in [-0.39, 0.29) is 12.2 Å². The third-order valence-electron chi connectivity index (χ3n) is 4.22. The summed E-state index contributed by atoms with van der Waals surface area (Å²) in [6, 6.07) is 0. The van der Waals surface area contributed by atoms with Crippen LogP contribution in [0.5, 0.6) is 0 Å². The Morgan fingerprint density at radius 1 is 1.29 bits per heavy atom. The molecule has 0 bridgehead atoms. The number of carbonyl (C=O) groups is 1. The molecule has 5 heteroatoms. The zero-order chi connectivity index (χ0) is 18.0. The quantitative estimate of drug-likeness (QED) is 0.647. The van der Waals surface area contributed by atoms with Gasteiger partial charge in [0.05, 0.1) is 6.10 Å². The van der Waals surface area contributed by atoms with Crippen molar-refractivity contribution in [3.63, 3.8) is 0 Å². The van der Waals surface area contributed by atoms with Crippen LogP contribution in [0.25, 0.3) is 0 Å². The summed E-state index contributed by atoms with van der Waals surface area (Å²) in [5, 5.41) is 3.50. The zero-order valence-electron chi connectivity index (χ0n) is 16.4. The van der Waals surface area contributed by atoms with E-state index in [1.165, 1.54) is 12.8 Å². The highest BCUT2D eigenvalue weighted by Gasteiger charge is 2.26. The Hall–Kier alpha value is -0.810. The number of likely N-dealkylation sites (tertiary alicyclic amines) is 1. The van der Waals surface area contributed by atoms with Crippen molar-refractivity contribution >= 4 is 6.09 Å². The number of piperidine rings is 1. The lowest BCUT2D eigenvalue weighted by Gasteiger charge is -2.33. The van der Waals surface area contributed by atoms with E-state index in [0.717, 1.165) is 58.0 Å². The van der Waals surface area contributed by atoms with Crippen LogP contribution in [-0.2, 0) is 9.47 Å². The second-order valence-electron chi connectivity index (χ2n) is 7.99. The number of nitrogens with one attached hydrogen (secondary N) is 1. The van der Waals surface area contributed by atoms with Gasteiger partial charge in [0, 0.05) is 19.7 Å². The summed E-state index contributed by atoms with van der Waals surface area (Å²) < 4.78 is 11.4. The summed E-state index contributed by atoms with van der Waals surface area (Å²) in [4.78, 5) is 13.8. The Kier molecular flexibility index (Phi) is 9.67. The molecule has 1 rings (SSSR count). The van der Waals surface area contributed by atoms with Crippen LogP contribution >= 0.6 is 0 Å². The molecule has 0 saturated carbocycles. The standard InChI is InChI=1S/C19H38N2O3/c1-6-8-16(2)15-20-11-7-14-23-17-9-12-21(13-10-17)18(22)24-19(3,4)5/h16-17,20H,6-15H2,1-5H3. The lowest BCUT2D eigenvalue weighted by atomic mass is 10.1. The zero-order valence-corrected chi connectivity index (χ0v) is 16.4. The van der Waals surface area contributed by atoms with E-state index >= 15 is 0 Å². The topological polar surface area (TPSA) is 50.8 Å². The number of carbonyl (C=O) groups excluding carboxylic acids is 1. The van der Waals surface area contributed by atoms with Gasteiger partial charge in [0.15, 0.2) is 0 Å². The van der Waals surface area contributed by atoms with Crippen molar-refractivity contribution in [1.29, 1.82) is 0 Å². The molecule has 5 nitrogen and oxygen atoms in total. The Bertz CT molecular complexity index is 347. The van der Waals surface area contributed by atoms with Gasteiger partial charge in [-0.25, -0.2) is 4.79 Å². The number of amides is 1. The predicted molar refractivity (Wildman–Crippen MR) is 98.3 cm³/mol. The molecular formula is C19H38N2O3. The normalized spacial score (nSPS) is 17.8. The van der Waals surface area contributed by atoms with Crippen molar-refractivity contribution in [3.8, 4) is 0 Å². The Labute approximate surface area is 148 Å². The maximum Gasteiger partial charge on any atom is 0.410 e. The summed E-state index contributed by atoms with van der Waals surface area (Å²) in [5.41, 5.74) is -0.425. The van der Waals surface area contributed by atoms with Crippen LogP contribution in [0.15, 0.2) is 0 Å². The van der Waals surface area contributed by atoms with Crippen LogP contribution in [0.2, 0.25) is 0 Å². The van der Waals surface area contributed by atoms with Gasteiger partial charge in [0.1, 0.15) is 5.60 Å². The summed E-state index contributed by atoms with van der Waals surface area (Å²) in [6.45, 7) is 14.6. The fraction of sp³-hybridized carbons (Fsp3) is 0.947. The minimum absolute atomic E-state index is 0.202. The molecule has 1 amide bonds. The highest BCUT2D eigenvalue weighted by molar-refractivity contribution is 5.68. The minimum atomic E-state index is -0.425. The van der Waals surface area contributed by atoms with Crippen molar-refractivity contribution in [1.82, 2.24) is 10.2 Å². The van der Waals surface area contributed by atoms with E-state index in [1.54, 1.807) is 4.90 Å². The second kappa shape index (κ2) is 10.9. The molecule has 1 saturated heterocycles. The van der Waals surface area contributed by atoms with Crippen molar-refractivity contribution in [3.05, 3.63) is 0 Å². The van der Waals surface area contributed by atoms with Crippen LogP contribution in [-0.4, -0.2) is 55.5 Å². The van der Waals surface area contributed by atoms with E-state index < -0.39 is 5.60 Å². The molecule has 0 aliphatic carbocycles. The van der Waals surface area contributed by atoms with E-state index in [0.29, 0.717) is 0 Å². The van der Waals surface area contributed by atoms with Gasteiger partial charge in [-0.15, -0.1) is 0 Å². The molecule has 1 aliphatic heterocycles. The van der Waals surface area contributed by atoms with E-state index in [1.807, 2.05) is 20.8 Å². The van der Waals surface area contributed by atoms with Gasteiger partial charge in [0.25, 0.3) is 0 Å². The molecule has 0 radical (unpaired) electrons. The van der Waals surface area contributed by atoms with Gasteiger partial charge in [-0.05, 0) is 65.5 Å². The van der Waals surface area contributed by atoms with Gasteiger partial charge in [0.2, 0.25) is 0 Å². The van der Waals surface area contributed by atoms with Crippen LogP contribution in [0.3, 0.4) is 0 Å². The SMILES string of the molecule is CCCC(C)CNCCCOC1CCN(C(=O)OC(C)(C)C)CC1. The molecule has 1 aliphatic rings. The molecule has 142 valence electrons. The first-order chi connectivity index (χ1) is 11.3. The first-order valence-corrected chi connectivity index (χ1v) is 9.62. The van der Waals surface area contributed by atoms with Crippen LogP contribution in [0, 0.1) is 5.92 Å². The molecule has 0 aromatic heterocycles. The van der Waals surface area contributed by atoms with Crippen LogP contribution in [0.1, 0.15) is 66.7 Å². The largest absolute Gasteiger partial charge is 0.444 e. The molecule has 0 spiro atoms. The number of hydrogen-bond donors (Lipinski definition) is 1. The number of hydrogen-bond acceptors (Lipinski definition) is 4. The number of rotatable bonds is 9. The Balaban J connectivity index is 2.05. The first kappa shape index (κ1) is 21.2. The Morgan fingerprint density at radius 3 is 2.54 bits per heavy atom. The molecule has 0 aromatic rings. The van der Waals surface area contributed by atoms with E-state index in [2.05, 4.69) is 19.2 Å². The van der Waals surface area contributed by atoms with Crippen LogP contribution in [0.4, 0.5) is 4.79 Å². The van der Waals surface area contributed by atoms with Gasteiger partial charge >= 0.3 is 6.09 Å². The lowest BCUT2D eigenvalue weighted by molar-refractivity contribution is -0.0117. The monoisotopic (exact) mass is 342 g/mol. The molecule has 1 atom stereocenters. The highest BCUT2D eigenvalue weighted by atomic mass is 16.6. The van der Waals surface area contributed by atoms with E-state index in [4.69, 9.17) is 9.47 Å². The summed E-state index contributed by atoms with van der Waals surface area (Å²) in [6.07, 6.45) is 5.48. The van der Waals surface area contributed by atoms with Crippen molar-refractivity contribution in [2.24, 2.45) is 5.92 Å². The third-order valence-corrected chi connectivity index (χ3v) is 4.22. The number of ether oxygens (including phenoxy) is 2. The maximum absolute atomic E-state index is 12.0. The van der Waals surface area contributed by atoms with Gasteiger partial charge in [-0.2, -0.15) is 0 Å². The molecule has 24 heavy (non-hydrogen) atoms. The molecule has 1 fully saturated rings. The van der Waals surface area contributed by atoms with Gasteiger partial charge in [-0.3, -0.25) is 0 Å². The summed E-state index contributed by atoms with van der Waals surface area (Å²) in [5.74, 6) is 0.758. The Morgan fingerprint density at radius 2 is 1.96 bits per heavy atom. The summed E-state index contributed by atoms with van der Waals surface area (Å²) in [7, 11) is 0. The number of nitrogens with zero attached hydrogens (tertiary/aromatic N) is 1. The van der Waals surface area contributed by atoms with Crippen molar-refractivity contribution in [2.45, 2.75) is 78.4 Å². The van der Waals surface area contributed by atoms with Crippen molar-refractivity contribution in [2.75, 3.05) is 32.8 Å². The molecule has 1 heterocycles. The average Bonchev–Trinajstić information content (AvgIpc) is 2.50. The lowest BCUT2D eigenvalue weighted by Crippen LogP contribution is -2.43. The van der Waals surface area contributed by atoms with Gasteiger partial charge < -0.3 is 19.7 Å². The highest BCUT2D eigenvalue weighted by Crippen LogP contribution is 2.17. The maximum atomic E-state index is 12.0. The fourth-order valence-electron chi connectivity index (χ4n) is 2.92. The second-order valence-corrected chi connectivity index (χ2v) is 7.99. The molecule has 1 N–H and O–H groups in total.